The molecule has 0 saturated heterocycles. The number of carbonyl (C=O) groups is 1. The Morgan fingerprint density at radius 2 is 1.86 bits per heavy atom. The summed E-state index contributed by atoms with van der Waals surface area (Å²) < 4.78 is 17.1. The molecule has 0 fully saturated rings. The molecule has 0 radical (unpaired) electrons. The van der Waals surface area contributed by atoms with E-state index in [9.17, 15) is 4.79 Å². The van der Waals surface area contributed by atoms with Gasteiger partial charge in [-0.1, -0.05) is 18.2 Å². The molecule has 0 aliphatic carbocycles. The van der Waals surface area contributed by atoms with E-state index in [-0.39, 0.29) is 19.2 Å². The highest BCUT2D eigenvalue weighted by molar-refractivity contribution is 14.1. The maximum Gasteiger partial charge on any atom is 0.231 e. The zero-order valence-corrected chi connectivity index (χ0v) is 13.3. The minimum Gasteiger partial charge on any atom is -0.454 e. The van der Waals surface area contributed by atoms with E-state index in [4.69, 9.17) is 14.2 Å². The van der Waals surface area contributed by atoms with Crippen LogP contribution in [0.25, 0.3) is 0 Å². The molecule has 0 aromatic heterocycles. The van der Waals surface area contributed by atoms with Gasteiger partial charge in [-0.25, -0.2) is 0 Å². The van der Waals surface area contributed by atoms with Crippen molar-refractivity contribution in [3.8, 4) is 11.5 Å². The number of hydrogen-bond donors (Lipinski definition) is 0. The van der Waals surface area contributed by atoms with Crippen LogP contribution in [0.1, 0.15) is 15.9 Å². The average molecular weight is 396 g/mol. The summed E-state index contributed by atoms with van der Waals surface area (Å²) in [5, 5.41) is 0. The van der Waals surface area contributed by atoms with Gasteiger partial charge in [-0.3, -0.25) is 4.79 Å². The summed E-state index contributed by atoms with van der Waals surface area (Å²) in [5.74, 6) is 1.45. The van der Waals surface area contributed by atoms with Crippen molar-refractivity contribution < 1.29 is 19.0 Å². The van der Waals surface area contributed by atoms with E-state index in [1.165, 1.54) is 0 Å². The fourth-order valence-electron chi connectivity index (χ4n) is 2.01. The van der Waals surface area contributed by atoms with Crippen LogP contribution in [0.3, 0.4) is 0 Å². The quantitative estimate of drug-likeness (QED) is 0.574. The van der Waals surface area contributed by atoms with Gasteiger partial charge in [0.15, 0.2) is 17.3 Å². The Morgan fingerprint density at radius 3 is 2.67 bits per heavy atom. The number of carbonyl (C=O) groups excluding carboxylic acids is 1. The summed E-state index contributed by atoms with van der Waals surface area (Å²) in [5.41, 5.74) is 1.62. The molecule has 2 aromatic rings. The lowest BCUT2D eigenvalue weighted by atomic mass is 10.1. The van der Waals surface area contributed by atoms with E-state index in [1.54, 1.807) is 0 Å². The number of ether oxygens (including phenoxy) is 3. The third-order valence-electron chi connectivity index (χ3n) is 3.11. The molecule has 0 N–H and O–H groups in total. The Balaban J connectivity index is 1.54. The highest BCUT2D eigenvalue weighted by Crippen LogP contribution is 2.32. The molecule has 1 aliphatic heterocycles. The number of fused-ring (bicyclic) bond motifs is 1. The van der Waals surface area contributed by atoms with Crippen molar-refractivity contribution in [2.45, 2.75) is 6.61 Å². The fourth-order valence-corrected chi connectivity index (χ4v) is 2.37. The van der Waals surface area contributed by atoms with Gasteiger partial charge in [-0.15, -0.1) is 0 Å². The minimum atomic E-state index is -0.0212. The number of benzene rings is 2. The number of rotatable bonds is 5. The predicted molar refractivity (Wildman–Crippen MR) is 85.7 cm³/mol. The molecule has 108 valence electrons. The molecular formula is C16H13IO4. The SMILES string of the molecule is O=C(COCc1ccc2c(c1)OCO2)c1ccc(I)cc1. The summed E-state index contributed by atoms with van der Waals surface area (Å²) in [6, 6.07) is 13.1. The van der Waals surface area contributed by atoms with Crippen LogP contribution in [0.5, 0.6) is 11.5 Å². The molecule has 0 saturated carbocycles. The summed E-state index contributed by atoms with van der Waals surface area (Å²) >= 11 is 2.21. The molecule has 0 bridgehead atoms. The molecule has 4 nitrogen and oxygen atoms in total. The molecule has 21 heavy (non-hydrogen) atoms. The Kier molecular flexibility index (Phi) is 4.40. The van der Waals surface area contributed by atoms with Crippen molar-refractivity contribution in [3.63, 3.8) is 0 Å². The second-order valence-corrected chi connectivity index (χ2v) is 5.86. The molecule has 3 rings (SSSR count). The summed E-state index contributed by atoms with van der Waals surface area (Å²) in [4.78, 5) is 12.0. The molecule has 0 amide bonds. The van der Waals surface area contributed by atoms with Gasteiger partial charge in [-0.05, 0) is 52.4 Å². The van der Waals surface area contributed by atoms with Crippen molar-refractivity contribution in [2.24, 2.45) is 0 Å². The molecule has 1 aliphatic rings. The van der Waals surface area contributed by atoms with Gasteiger partial charge < -0.3 is 14.2 Å². The van der Waals surface area contributed by atoms with Crippen molar-refractivity contribution >= 4 is 28.4 Å². The summed E-state index contributed by atoms with van der Waals surface area (Å²) in [7, 11) is 0. The second-order valence-electron chi connectivity index (χ2n) is 4.61. The van der Waals surface area contributed by atoms with Crippen molar-refractivity contribution in [2.75, 3.05) is 13.4 Å². The van der Waals surface area contributed by atoms with Crippen LogP contribution in [-0.2, 0) is 11.3 Å². The van der Waals surface area contributed by atoms with Gasteiger partial charge in [0.25, 0.3) is 0 Å². The largest absolute Gasteiger partial charge is 0.454 e. The minimum absolute atomic E-state index is 0.0212. The lowest BCUT2D eigenvalue weighted by molar-refractivity contribution is 0.0726. The van der Waals surface area contributed by atoms with Crippen molar-refractivity contribution in [1.29, 1.82) is 0 Å². The first kappa shape index (κ1) is 14.3. The molecule has 1 heterocycles. The van der Waals surface area contributed by atoms with Crippen molar-refractivity contribution in [3.05, 3.63) is 57.2 Å². The van der Waals surface area contributed by atoms with E-state index in [1.807, 2.05) is 42.5 Å². The van der Waals surface area contributed by atoms with E-state index >= 15 is 0 Å². The Morgan fingerprint density at radius 1 is 1.10 bits per heavy atom. The van der Waals surface area contributed by atoms with Crippen LogP contribution in [0.4, 0.5) is 0 Å². The fraction of sp³-hybridized carbons (Fsp3) is 0.188. The number of hydrogen-bond acceptors (Lipinski definition) is 4. The van der Waals surface area contributed by atoms with Crippen LogP contribution in [0.2, 0.25) is 0 Å². The van der Waals surface area contributed by atoms with Crippen LogP contribution >= 0.6 is 22.6 Å². The van der Waals surface area contributed by atoms with E-state index in [0.717, 1.165) is 20.6 Å². The number of ketones is 1. The smallest absolute Gasteiger partial charge is 0.231 e. The topological polar surface area (TPSA) is 44.8 Å². The Hall–Kier alpha value is -1.60. The van der Waals surface area contributed by atoms with Crippen LogP contribution in [-0.4, -0.2) is 19.2 Å². The first-order valence-corrected chi connectivity index (χ1v) is 7.55. The van der Waals surface area contributed by atoms with E-state index in [2.05, 4.69) is 22.6 Å². The zero-order chi connectivity index (χ0) is 14.7. The van der Waals surface area contributed by atoms with Crippen LogP contribution < -0.4 is 9.47 Å². The number of Topliss-reactive ketones (excluding diaryl/α,β-unsaturated/α-hetero) is 1. The molecule has 0 unspecified atom stereocenters. The molecule has 0 spiro atoms. The van der Waals surface area contributed by atoms with E-state index in [0.29, 0.717) is 12.2 Å². The molecule has 0 atom stereocenters. The third kappa shape index (κ3) is 3.54. The molecule has 5 heteroatoms. The standard InChI is InChI=1S/C16H13IO4/c17-13-4-2-12(3-5-13)14(18)9-19-8-11-1-6-15-16(7-11)21-10-20-15/h1-7H,8-10H2. The van der Waals surface area contributed by atoms with Gasteiger partial charge in [0, 0.05) is 9.13 Å². The monoisotopic (exact) mass is 396 g/mol. The van der Waals surface area contributed by atoms with E-state index < -0.39 is 0 Å². The van der Waals surface area contributed by atoms with Crippen LogP contribution in [0.15, 0.2) is 42.5 Å². The van der Waals surface area contributed by atoms with Gasteiger partial charge in [-0.2, -0.15) is 0 Å². The first-order chi connectivity index (χ1) is 10.2. The lowest BCUT2D eigenvalue weighted by Gasteiger charge is -2.05. The zero-order valence-electron chi connectivity index (χ0n) is 11.2. The highest BCUT2D eigenvalue weighted by Gasteiger charge is 2.13. The Labute approximate surface area is 136 Å². The summed E-state index contributed by atoms with van der Waals surface area (Å²) in [6.45, 7) is 0.687. The maximum absolute atomic E-state index is 12.0. The van der Waals surface area contributed by atoms with Gasteiger partial charge in [0.05, 0.1) is 6.61 Å². The average Bonchev–Trinajstić information content (AvgIpc) is 2.95. The van der Waals surface area contributed by atoms with Crippen LogP contribution in [0, 0.1) is 3.57 Å². The molecular weight excluding hydrogens is 383 g/mol. The second kappa shape index (κ2) is 6.44. The van der Waals surface area contributed by atoms with Gasteiger partial charge >= 0.3 is 0 Å². The Bertz CT molecular complexity index is 652. The van der Waals surface area contributed by atoms with Crippen molar-refractivity contribution in [1.82, 2.24) is 0 Å². The van der Waals surface area contributed by atoms with Gasteiger partial charge in [0.2, 0.25) is 6.79 Å². The summed E-state index contributed by atoms with van der Waals surface area (Å²) in [6.07, 6.45) is 0. The number of halogens is 1. The third-order valence-corrected chi connectivity index (χ3v) is 3.82. The first-order valence-electron chi connectivity index (χ1n) is 6.47. The highest BCUT2D eigenvalue weighted by atomic mass is 127. The molecule has 2 aromatic carbocycles. The maximum atomic E-state index is 12.0. The normalized spacial score (nSPS) is 12.4. The predicted octanol–water partition coefficient (Wildman–Crippen LogP) is 3.42. The lowest BCUT2D eigenvalue weighted by Crippen LogP contribution is -2.09. The van der Waals surface area contributed by atoms with Gasteiger partial charge in [0.1, 0.15) is 6.61 Å².